The largest absolute Gasteiger partial charge is 0.320 e. The molecule has 4 heteroatoms. The molecule has 0 rings (SSSR count). The third-order valence-corrected chi connectivity index (χ3v) is 1.39. The summed E-state index contributed by atoms with van der Waals surface area (Å²) in [5.74, 6) is 0. The van der Waals surface area contributed by atoms with Crippen molar-refractivity contribution in [2.24, 2.45) is 0 Å². The Labute approximate surface area is 72.3 Å². The van der Waals surface area contributed by atoms with Gasteiger partial charge < -0.3 is 10.6 Å². The molecule has 62 valence electrons. The molecule has 0 aliphatic carbocycles. The van der Waals surface area contributed by atoms with Crippen LogP contribution in [0, 0.1) is 0 Å². The Kier molecular flexibility index (Phi) is 7.99. The van der Waals surface area contributed by atoms with Crippen LogP contribution in [0.3, 0.4) is 0 Å². The zero-order valence-corrected chi connectivity index (χ0v) is 7.67. The topological polar surface area (TPSA) is 24.1 Å². The van der Waals surface area contributed by atoms with Crippen LogP contribution in [0.5, 0.6) is 0 Å². The number of rotatable bonds is 6. The molecule has 0 aliphatic heterocycles. The third-order valence-electron chi connectivity index (χ3n) is 1.08. The first-order chi connectivity index (χ1) is 4.77. The van der Waals surface area contributed by atoms with Gasteiger partial charge in [-0.05, 0) is 26.6 Å². The van der Waals surface area contributed by atoms with E-state index >= 15 is 0 Å². The molecule has 0 aromatic heterocycles. The molecule has 0 aliphatic rings. The summed E-state index contributed by atoms with van der Waals surface area (Å²) in [6.07, 6.45) is 1.11. The highest BCUT2D eigenvalue weighted by molar-refractivity contribution is 6.44. The first-order valence-corrected chi connectivity index (χ1v) is 4.28. The number of hydrogen-bond acceptors (Lipinski definition) is 2. The Hall–Kier alpha value is 0.500. The number of halogens is 2. The van der Waals surface area contributed by atoms with Crippen LogP contribution in [-0.4, -0.2) is 31.5 Å². The Morgan fingerprint density at radius 2 is 2.00 bits per heavy atom. The monoisotopic (exact) mass is 184 g/mol. The van der Waals surface area contributed by atoms with Crippen molar-refractivity contribution in [3.05, 3.63) is 0 Å². The van der Waals surface area contributed by atoms with Crippen LogP contribution in [-0.2, 0) is 0 Å². The molecule has 0 spiro atoms. The zero-order chi connectivity index (χ0) is 7.82. The van der Waals surface area contributed by atoms with Gasteiger partial charge in [0.1, 0.15) is 4.84 Å². The maximum absolute atomic E-state index is 5.48. The molecule has 2 N–H and O–H groups in total. The summed E-state index contributed by atoms with van der Waals surface area (Å²) in [4.78, 5) is -0.283. The van der Waals surface area contributed by atoms with Crippen molar-refractivity contribution in [1.82, 2.24) is 10.6 Å². The van der Waals surface area contributed by atoms with Gasteiger partial charge in [-0.3, -0.25) is 0 Å². The van der Waals surface area contributed by atoms with Gasteiger partial charge in [0.05, 0.1) is 0 Å². The van der Waals surface area contributed by atoms with Crippen molar-refractivity contribution in [3.8, 4) is 0 Å². The van der Waals surface area contributed by atoms with Crippen LogP contribution in [0.25, 0.3) is 0 Å². The van der Waals surface area contributed by atoms with Gasteiger partial charge in [0.25, 0.3) is 0 Å². The quantitative estimate of drug-likeness (QED) is 0.476. The lowest BCUT2D eigenvalue weighted by molar-refractivity contribution is 0.638. The summed E-state index contributed by atoms with van der Waals surface area (Å²) in [5, 5.41) is 6.17. The highest BCUT2D eigenvalue weighted by Gasteiger charge is 1.95. The molecule has 0 unspecified atom stereocenters. The van der Waals surface area contributed by atoms with E-state index in [2.05, 4.69) is 10.6 Å². The van der Waals surface area contributed by atoms with Gasteiger partial charge in [0.2, 0.25) is 0 Å². The van der Waals surface area contributed by atoms with Gasteiger partial charge in [-0.1, -0.05) is 0 Å². The van der Waals surface area contributed by atoms with Crippen LogP contribution in [0.4, 0.5) is 0 Å². The lowest BCUT2D eigenvalue weighted by Crippen LogP contribution is -2.23. The molecule has 0 heterocycles. The normalized spacial score (nSPS) is 10.8. The molecule has 0 aromatic rings. The van der Waals surface area contributed by atoms with E-state index in [9.17, 15) is 0 Å². The van der Waals surface area contributed by atoms with Crippen LogP contribution >= 0.6 is 23.2 Å². The lowest BCUT2D eigenvalue weighted by atomic mass is 10.4. The Balaban J connectivity index is 2.77. The number of nitrogens with one attached hydrogen (secondary N) is 2. The van der Waals surface area contributed by atoms with E-state index in [1.807, 2.05) is 7.05 Å². The maximum atomic E-state index is 5.48. The fourth-order valence-corrected chi connectivity index (χ4v) is 0.820. The van der Waals surface area contributed by atoms with Crippen molar-refractivity contribution in [3.63, 3.8) is 0 Å². The average Bonchev–Trinajstić information content (AvgIpc) is 1.87. The van der Waals surface area contributed by atoms with E-state index in [-0.39, 0.29) is 4.84 Å². The average molecular weight is 185 g/mol. The van der Waals surface area contributed by atoms with Crippen LogP contribution in [0.15, 0.2) is 0 Å². The molecule has 2 nitrogen and oxygen atoms in total. The zero-order valence-electron chi connectivity index (χ0n) is 6.16. The standard InChI is InChI=1S/C6H14Cl2N2/c1-9-3-2-4-10-5-6(7)8/h6,9-10H,2-5H2,1H3. The Morgan fingerprint density at radius 1 is 1.30 bits per heavy atom. The second-order valence-corrected chi connectivity index (χ2v) is 3.33. The number of hydrogen-bond donors (Lipinski definition) is 2. The van der Waals surface area contributed by atoms with E-state index < -0.39 is 0 Å². The molecule has 0 bridgehead atoms. The minimum Gasteiger partial charge on any atom is -0.320 e. The van der Waals surface area contributed by atoms with E-state index in [1.54, 1.807) is 0 Å². The van der Waals surface area contributed by atoms with Crippen LogP contribution in [0.2, 0.25) is 0 Å². The van der Waals surface area contributed by atoms with Gasteiger partial charge in [0.15, 0.2) is 0 Å². The molecule has 10 heavy (non-hydrogen) atoms. The molecule has 0 saturated heterocycles. The van der Waals surface area contributed by atoms with Crippen molar-refractivity contribution < 1.29 is 0 Å². The van der Waals surface area contributed by atoms with Gasteiger partial charge in [-0.2, -0.15) is 0 Å². The molecule has 0 aromatic carbocycles. The van der Waals surface area contributed by atoms with Crippen molar-refractivity contribution in [2.45, 2.75) is 11.3 Å². The summed E-state index contributed by atoms with van der Waals surface area (Å²) < 4.78 is 0. The summed E-state index contributed by atoms with van der Waals surface area (Å²) in [7, 11) is 1.94. The molecule has 0 fully saturated rings. The van der Waals surface area contributed by atoms with E-state index in [1.165, 1.54) is 0 Å². The highest BCUT2D eigenvalue weighted by Crippen LogP contribution is 1.97. The molecular weight excluding hydrogens is 171 g/mol. The van der Waals surface area contributed by atoms with Crippen LogP contribution in [0.1, 0.15) is 6.42 Å². The molecule has 0 amide bonds. The number of alkyl halides is 2. The van der Waals surface area contributed by atoms with Gasteiger partial charge in [-0.15, -0.1) is 23.2 Å². The fraction of sp³-hybridized carbons (Fsp3) is 1.00. The predicted molar refractivity (Wildman–Crippen MR) is 46.9 cm³/mol. The minimum absolute atomic E-state index is 0.283. The Bertz CT molecular complexity index is 68.8. The Morgan fingerprint density at radius 3 is 2.50 bits per heavy atom. The predicted octanol–water partition coefficient (Wildman–Crippen LogP) is 0.989. The minimum atomic E-state index is -0.283. The molecule has 0 atom stereocenters. The maximum Gasteiger partial charge on any atom is 0.120 e. The summed E-state index contributed by atoms with van der Waals surface area (Å²) in [6.45, 7) is 2.67. The summed E-state index contributed by atoms with van der Waals surface area (Å²) in [6, 6.07) is 0. The summed E-state index contributed by atoms with van der Waals surface area (Å²) >= 11 is 11.0. The van der Waals surface area contributed by atoms with E-state index in [0.717, 1.165) is 19.5 Å². The molecule has 0 saturated carbocycles. The lowest BCUT2D eigenvalue weighted by Gasteiger charge is -2.03. The highest BCUT2D eigenvalue weighted by atomic mass is 35.5. The van der Waals surface area contributed by atoms with Crippen molar-refractivity contribution in [2.75, 3.05) is 26.7 Å². The second kappa shape index (κ2) is 7.61. The van der Waals surface area contributed by atoms with Gasteiger partial charge in [0, 0.05) is 6.54 Å². The molecular formula is C6H14Cl2N2. The van der Waals surface area contributed by atoms with E-state index in [4.69, 9.17) is 23.2 Å². The SMILES string of the molecule is CNCCCNCC(Cl)Cl. The first kappa shape index (κ1) is 10.5. The summed E-state index contributed by atoms with van der Waals surface area (Å²) in [5.41, 5.74) is 0. The third kappa shape index (κ3) is 8.50. The molecule has 0 radical (unpaired) electrons. The smallest absolute Gasteiger partial charge is 0.120 e. The fourth-order valence-electron chi connectivity index (χ4n) is 0.601. The van der Waals surface area contributed by atoms with Gasteiger partial charge in [-0.25, -0.2) is 0 Å². The van der Waals surface area contributed by atoms with E-state index in [0.29, 0.717) is 6.54 Å². The van der Waals surface area contributed by atoms with Crippen molar-refractivity contribution in [1.29, 1.82) is 0 Å². The first-order valence-electron chi connectivity index (χ1n) is 3.41. The van der Waals surface area contributed by atoms with Gasteiger partial charge >= 0.3 is 0 Å². The van der Waals surface area contributed by atoms with Crippen LogP contribution < -0.4 is 10.6 Å². The second-order valence-electron chi connectivity index (χ2n) is 2.05. The van der Waals surface area contributed by atoms with Crippen molar-refractivity contribution >= 4 is 23.2 Å².